The second kappa shape index (κ2) is 7.77. The first kappa shape index (κ1) is 16.3. The van der Waals surface area contributed by atoms with Gasteiger partial charge >= 0.3 is 6.03 Å². The Morgan fingerprint density at radius 3 is 2.68 bits per heavy atom. The van der Waals surface area contributed by atoms with Gasteiger partial charge in [-0.2, -0.15) is 0 Å². The molecule has 1 aliphatic heterocycles. The topological polar surface area (TPSA) is 74.3 Å². The van der Waals surface area contributed by atoms with Crippen molar-refractivity contribution >= 4 is 17.8 Å². The standard InChI is InChI=1S/C16H24N4O2/c1-12-6-9-20(10-7-12)16(22)17-8-5-15(21)19-14-4-3-13(2)11-18-14/h3-4,11-12H,5-10H2,1-2H3,(H,17,22)(H,18,19,21). The predicted molar refractivity (Wildman–Crippen MR) is 85.6 cm³/mol. The third-order valence-corrected chi connectivity index (χ3v) is 3.88. The first-order valence-corrected chi connectivity index (χ1v) is 7.80. The summed E-state index contributed by atoms with van der Waals surface area (Å²) in [5.41, 5.74) is 1.04. The maximum atomic E-state index is 12.0. The van der Waals surface area contributed by atoms with E-state index in [1.54, 1.807) is 12.3 Å². The first-order valence-electron chi connectivity index (χ1n) is 7.80. The molecule has 0 saturated carbocycles. The van der Waals surface area contributed by atoms with E-state index >= 15 is 0 Å². The zero-order valence-electron chi connectivity index (χ0n) is 13.3. The SMILES string of the molecule is Cc1ccc(NC(=O)CCNC(=O)N2CCC(C)CC2)nc1. The molecule has 0 spiro atoms. The largest absolute Gasteiger partial charge is 0.337 e. The number of aryl methyl sites for hydroxylation is 1. The molecule has 2 rings (SSSR count). The van der Waals surface area contributed by atoms with Crippen LogP contribution in [-0.2, 0) is 4.79 Å². The molecule has 2 heterocycles. The summed E-state index contributed by atoms with van der Waals surface area (Å²) in [6.45, 7) is 6.08. The molecule has 1 aliphatic rings. The van der Waals surface area contributed by atoms with E-state index in [-0.39, 0.29) is 18.4 Å². The van der Waals surface area contributed by atoms with Gasteiger partial charge in [0.15, 0.2) is 0 Å². The summed E-state index contributed by atoms with van der Waals surface area (Å²) in [6.07, 6.45) is 4.04. The van der Waals surface area contributed by atoms with Gasteiger partial charge in [-0.05, 0) is 37.3 Å². The van der Waals surface area contributed by atoms with Gasteiger partial charge in [0.2, 0.25) is 5.91 Å². The summed E-state index contributed by atoms with van der Waals surface area (Å²) in [5.74, 6) is 1.08. The lowest BCUT2D eigenvalue weighted by atomic mass is 10.00. The van der Waals surface area contributed by atoms with Crippen LogP contribution in [0.4, 0.5) is 10.6 Å². The van der Waals surface area contributed by atoms with Crippen molar-refractivity contribution in [1.82, 2.24) is 15.2 Å². The summed E-state index contributed by atoms with van der Waals surface area (Å²) >= 11 is 0. The highest BCUT2D eigenvalue weighted by molar-refractivity contribution is 5.90. The Bertz CT molecular complexity index is 507. The summed E-state index contributed by atoms with van der Waals surface area (Å²) < 4.78 is 0. The van der Waals surface area contributed by atoms with Crippen molar-refractivity contribution in [1.29, 1.82) is 0 Å². The van der Waals surface area contributed by atoms with Gasteiger partial charge in [-0.1, -0.05) is 13.0 Å². The van der Waals surface area contributed by atoms with Crippen molar-refractivity contribution in [2.24, 2.45) is 5.92 Å². The van der Waals surface area contributed by atoms with Gasteiger partial charge in [0.1, 0.15) is 5.82 Å². The maximum Gasteiger partial charge on any atom is 0.317 e. The Balaban J connectivity index is 1.66. The molecular formula is C16H24N4O2. The number of anilines is 1. The van der Waals surface area contributed by atoms with Gasteiger partial charge in [0.05, 0.1) is 0 Å². The van der Waals surface area contributed by atoms with Gasteiger partial charge in [-0.3, -0.25) is 4.79 Å². The average Bonchev–Trinajstić information content (AvgIpc) is 2.50. The van der Waals surface area contributed by atoms with Gasteiger partial charge in [0, 0.05) is 32.3 Å². The van der Waals surface area contributed by atoms with Gasteiger partial charge in [-0.25, -0.2) is 9.78 Å². The minimum atomic E-state index is -0.149. The van der Waals surface area contributed by atoms with E-state index in [9.17, 15) is 9.59 Å². The highest BCUT2D eigenvalue weighted by Crippen LogP contribution is 2.15. The molecule has 1 aromatic heterocycles. The summed E-state index contributed by atoms with van der Waals surface area (Å²) in [4.78, 5) is 29.7. The lowest BCUT2D eigenvalue weighted by Gasteiger charge is -2.30. The summed E-state index contributed by atoms with van der Waals surface area (Å²) in [6, 6.07) is 3.58. The molecule has 0 unspecified atom stereocenters. The summed E-state index contributed by atoms with van der Waals surface area (Å²) in [5, 5.41) is 5.51. The highest BCUT2D eigenvalue weighted by atomic mass is 16.2. The quantitative estimate of drug-likeness (QED) is 0.895. The van der Waals surface area contributed by atoms with Crippen LogP contribution >= 0.6 is 0 Å². The molecule has 2 N–H and O–H groups in total. The lowest BCUT2D eigenvalue weighted by molar-refractivity contribution is -0.116. The molecule has 0 atom stereocenters. The third kappa shape index (κ3) is 5.02. The van der Waals surface area contributed by atoms with E-state index in [1.807, 2.05) is 17.9 Å². The highest BCUT2D eigenvalue weighted by Gasteiger charge is 2.19. The Morgan fingerprint density at radius 2 is 2.05 bits per heavy atom. The van der Waals surface area contributed by atoms with Crippen LogP contribution in [0.5, 0.6) is 0 Å². The van der Waals surface area contributed by atoms with Crippen LogP contribution in [0.1, 0.15) is 31.7 Å². The number of pyridine rings is 1. The number of likely N-dealkylation sites (tertiary alicyclic amines) is 1. The van der Waals surface area contributed by atoms with Crippen molar-refractivity contribution in [2.75, 3.05) is 25.0 Å². The Morgan fingerprint density at radius 1 is 1.32 bits per heavy atom. The molecule has 0 radical (unpaired) electrons. The number of carbonyl (C=O) groups excluding carboxylic acids is 2. The van der Waals surface area contributed by atoms with Gasteiger partial charge in [-0.15, -0.1) is 0 Å². The van der Waals surface area contributed by atoms with Crippen molar-refractivity contribution < 1.29 is 9.59 Å². The Labute approximate surface area is 131 Å². The van der Waals surface area contributed by atoms with E-state index in [0.717, 1.165) is 31.5 Å². The number of nitrogens with one attached hydrogen (secondary N) is 2. The van der Waals surface area contributed by atoms with Gasteiger partial charge in [0.25, 0.3) is 0 Å². The number of nitrogens with zero attached hydrogens (tertiary/aromatic N) is 2. The number of amides is 3. The van der Waals surface area contributed by atoms with Crippen molar-refractivity contribution in [2.45, 2.75) is 33.1 Å². The zero-order valence-corrected chi connectivity index (χ0v) is 13.3. The minimum Gasteiger partial charge on any atom is -0.337 e. The van der Waals surface area contributed by atoms with Crippen LogP contribution in [0.25, 0.3) is 0 Å². The number of rotatable bonds is 4. The average molecular weight is 304 g/mol. The molecule has 3 amide bonds. The van der Waals surface area contributed by atoms with E-state index in [4.69, 9.17) is 0 Å². The van der Waals surface area contributed by atoms with E-state index in [1.165, 1.54) is 0 Å². The molecule has 0 aromatic carbocycles. The fraction of sp³-hybridized carbons (Fsp3) is 0.562. The van der Waals surface area contributed by atoms with Crippen molar-refractivity contribution in [3.63, 3.8) is 0 Å². The zero-order chi connectivity index (χ0) is 15.9. The van der Waals surface area contributed by atoms with Crippen LogP contribution < -0.4 is 10.6 Å². The van der Waals surface area contributed by atoms with Crippen LogP contribution in [0, 0.1) is 12.8 Å². The minimum absolute atomic E-state index is 0.0758. The van der Waals surface area contributed by atoms with Crippen molar-refractivity contribution in [3.8, 4) is 0 Å². The Kier molecular flexibility index (Phi) is 5.75. The third-order valence-electron chi connectivity index (χ3n) is 3.88. The number of hydrogen-bond acceptors (Lipinski definition) is 3. The summed E-state index contributed by atoms with van der Waals surface area (Å²) in [7, 11) is 0. The van der Waals surface area contributed by atoms with Crippen LogP contribution in [0.2, 0.25) is 0 Å². The molecule has 0 bridgehead atoms. The lowest BCUT2D eigenvalue weighted by Crippen LogP contribution is -2.44. The van der Waals surface area contributed by atoms with Gasteiger partial charge < -0.3 is 15.5 Å². The molecule has 1 aromatic rings. The number of piperidine rings is 1. The van der Waals surface area contributed by atoms with E-state index in [2.05, 4.69) is 22.5 Å². The monoisotopic (exact) mass is 304 g/mol. The fourth-order valence-corrected chi connectivity index (χ4v) is 2.35. The maximum absolute atomic E-state index is 12.0. The van der Waals surface area contributed by atoms with Crippen LogP contribution in [0.15, 0.2) is 18.3 Å². The molecule has 6 heteroatoms. The second-order valence-electron chi connectivity index (χ2n) is 5.92. The second-order valence-corrected chi connectivity index (χ2v) is 5.92. The molecular weight excluding hydrogens is 280 g/mol. The Hall–Kier alpha value is -2.11. The first-order chi connectivity index (χ1) is 10.5. The molecule has 22 heavy (non-hydrogen) atoms. The van der Waals surface area contributed by atoms with Crippen molar-refractivity contribution in [3.05, 3.63) is 23.9 Å². The fourth-order valence-electron chi connectivity index (χ4n) is 2.35. The predicted octanol–water partition coefficient (Wildman–Crippen LogP) is 2.16. The number of hydrogen-bond donors (Lipinski definition) is 2. The van der Waals surface area contributed by atoms with E-state index in [0.29, 0.717) is 18.3 Å². The van der Waals surface area contributed by atoms with E-state index < -0.39 is 0 Å². The molecule has 0 aliphatic carbocycles. The molecule has 1 fully saturated rings. The molecule has 1 saturated heterocycles. The number of carbonyl (C=O) groups is 2. The normalized spacial score (nSPS) is 15.5. The molecule has 6 nitrogen and oxygen atoms in total. The smallest absolute Gasteiger partial charge is 0.317 e. The number of aromatic nitrogens is 1. The van der Waals surface area contributed by atoms with Crippen LogP contribution in [-0.4, -0.2) is 41.5 Å². The molecule has 120 valence electrons. The number of urea groups is 1. The van der Waals surface area contributed by atoms with Crippen LogP contribution in [0.3, 0.4) is 0 Å².